The van der Waals surface area contributed by atoms with Crippen molar-refractivity contribution in [2.24, 2.45) is 11.7 Å². The van der Waals surface area contributed by atoms with E-state index in [1.807, 2.05) is 6.07 Å². The van der Waals surface area contributed by atoms with Gasteiger partial charge in [0, 0.05) is 21.1 Å². The summed E-state index contributed by atoms with van der Waals surface area (Å²) in [5, 5.41) is 3.57. The number of benzene rings is 1. The maximum absolute atomic E-state index is 12.1. The summed E-state index contributed by atoms with van der Waals surface area (Å²) < 4.78 is 0.919. The monoisotopic (exact) mass is 406 g/mol. The van der Waals surface area contributed by atoms with Gasteiger partial charge in [-0.1, -0.05) is 11.6 Å². The van der Waals surface area contributed by atoms with Crippen LogP contribution in [-0.2, 0) is 4.79 Å². The molecule has 0 aliphatic heterocycles. The maximum atomic E-state index is 12.1. The molecule has 0 unspecified atom stereocenters. The molecule has 0 atom stereocenters. The minimum atomic E-state index is -0.237. The van der Waals surface area contributed by atoms with Crippen molar-refractivity contribution in [3.05, 3.63) is 32.4 Å². The van der Waals surface area contributed by atoms with Crippen molar-refractivity contribution in [1.82, 2.24) is 5.32 Å². The molecule has 0 heterocycles. The fourth-order valence-corrected chi connectivity index (χ4v) is 2.94. The van der Waals surface area contributed by atoms with Crippen molar-refractivity contribution in [3.8, 4) is 0 Å². The Bertz CT molecular complexity index is 528. The fraction of sp³-hybridized carbons (Fsp3) is 0.429. The number of primary amides is 1. The number of rotatable bonds is 3. The van der Waals surface area contributed by atoms with Crippen molar-refractivity contribution >= 4 is 46.0 Å². The van der Waals surface area contributed by atoms with Gasteiger partial charge in [0.2, 0.25) is 5.91 Å². The van der Waals surface area contributed by atoms with E-state index < -0.39 is 0 Å². The average molecular weight is 407 g/mol. The van der Waals surface area contributed by atoms with Crippen LogP contribution in [0.3, 0.4) is 0 Å². The Morgan fingerprint density at radius 3 is 2.45 bits per heavy atom. The number of carbonyl (C=O) groups is 2. The number of halogens is 2. The summed E-state index contributed by atoms with van der Waals surface area (Å²) in [6.07, 6.45) is 3.07. The fourth-order valence-electron chi connectivity index (χ4n) is 2.43. The third-order valence-electron chi connectivity index (χ3n) is 3.65. The molecule has 0 bridgehead atoms. The van der Waals surface area contributed by atoms with Gasteiger partial charge in [0.25, 0.3) is 5.91 Å². The average Bonchev–Trinajstić information content (AvgIpc) is 2.42. The first kappa shape index (κ1) is 15.6. The molecular formula is C14H16ClIN2O2. The molecule has 4 nitrogen and oxygen atoms in total. The van der Waals surface area contributed by atoms with Crippen LogP contribution in [0.15, 0.2) is 18.2 Å². The van der Waals surface area contributed by atoms with Crippen LogP contribution in [0.2, 0.25) is 5.02 Å². The zero-order valence-electron chi connectivity index (χ0n) is 10.9. The highest BCUT2D eigenvalue weighted by Gasteiger charge is 2.25. The third kappa shape index (κ3) is 3.85. The predicted octanol–water partition coefficient (Wildman–Crippen LogP) is 2.72. The van der Waals surface area contributed by atoms with Gasteiger partial charge in [-0.25, -0.2) is 0 Å². The normalized spacial score (nSPS) is 22.3. The number of hydrogen-bond acceptors (Lipinski definition) is 2. The van der Waals surface area contributed by atoms with E-state index in [1.54, 1.807) is 12.1 Å². The second-order valence-corrected chi connectivity index (χ2v) is 6.62. The van der Waals surface area contributed by atoms with Gasteiger partial charge in [-0.05, 0) is 66.5 Å². The van der Waals surface area contributed by atoms with Crippen LogP contribution >= 0.6 is 34.2 Å². The maximum Gasteiger partial charge on any atom is 0.251 e. The Balaban J connectivity index is 1.92. The lowest BCUT2D eigenvalue weighted by atomic mass is 9.85. The van der Waals surface area contributed by atoms with Gasteiger partial charge in [0.05, 0.1) is 5.02 Å². The number of amides is 2. The predicted molar refractivity (Wildman–Crippen MR) is 86.6 cm³/mol. The van der Waals surface area contributed by atoms with Crippen molar-refractivity contribution in [3.63, 3.8) is 0 Å². The zero-order chi connectivity index (χ0) is 14.7. The first-order valence-corrected chi connectivity index (χ1v) is 7.98. The van der Waals surface area contributed by atoms with Crippen molar-refractivity contribution in [2.45, 2.75) is 31.7 Å². The molecule has 1 aliphatic carbocycles. The van der Waals surface area contributed by atoms with Gasteiger partial charge in [0.1, 0.15) is 0 Å². The highest BCUT2D eigenvalue weighted by atomic mass is 127. The van der Waals surface area contributed by atoms with Crippen LogP contribution in [0.5, 0.6) is 0 Å². The van der Waals surface area contributed by atoms with Gasteiger partial charge in [-0.2, -0.15) is 0 Å². The van der Waals surface area contributed by atoms with Crippen LogP contribution < -0.4 is 11.1 Å². The molecule has 1 aromatic carbocycles. The molecular weight excluding hydrogens is 391 g/mol. The number of hydrogen-bond donors (Lipinski definition) is 2. The molecule has 108 valence electrons. The molecule has 0 aromatic heterocycles. The molecule has 0 spiro atoms. The summed E-state index contributed by atoms with van der Waals surface area (Å²) >= 11 is 8.14. The Labute approximate surface area is 136 Å². The molecule has 1 aliphatic rings. The van der Waals surface area contributed by atoms with Gasteiger partial charge in [-0.15, -0.1) is 0 Å². The van der Waals surface area contributed by atoms with Crippen LogP contribution in [0.4, 0.5) is 0 Å². The van der Waals surface area contributed by atoms with Crippen molar-refractivity contribution < 1.29 is 9.59 Å². The topological polar surface area (TPSA) is 72.2 Å². The summed E-state index contributed by atoms with van der Waals surface area (Å²) in [6, 6.07) is 5.37. The lowest BCUT2D eigenvalue weighted by Gasteiger charge is -2.27. The Morgan fingerprint density at radius 2 is 1.90 bits per heavy atom. The lowest BCUT2D eigenvalue weighted by Crippen LogP contribution is -2.39. The smallest absolute Gasteiger partial charge is 0.251 e. The highest BCUT2D eigenvalue weighted by Crippen LogP contribution is 2.24. The molecule has 3 N–H and O–H groups in total. The van der Waals surface area contributed by atoms with Crippen LogP contribution in [0, 0.1) is 9.49 Å². The molecule has 1 saturated carbocycles. The lowest BCUT2D eigenvalue weighted by molar-refractivity contribution is -0.122. The Morgan fingerprint density at radius 1 is 1.25 bits per heavy atom. The summed E-state index contributed by atoms with van der Waals surface area (Å²) in [5.41, 5.74) is 5.86. The van der Waals surface area contributed by atoms with Gasteiger partial charge in [0.15, 0.2) is 0 Å². The quantitative estimate of drug-likeness (QED) is 0.758. The van der Waals surface area contributed by atoms with E-state index >= 15 is 0 Å². The van der Waals surface area contributed by atoms with E-state index in [-0.39, 0.29) is 23.8 Å². The molecule has 2 amide bonds. The second-order valence-electron chi connectivity index (χ2n) is 5.05. The summed E-state index contributed by atoms with van der Waals surface area (Å²) in [6.45, 7) is 0. The molecule has 1 fully saturated rings. The van der Waals surface area contributed by atoms with E-state index in [1.165, 1.54) is 0 Å². The molecule has 0 saturated heterocycles. The minimum Gasteiger partial charge on any atom is -0.369 e. The van der Waals surface area contributed by atoms with Gasteiger partial charge < -0.3 is 11.1 Å². The summed E-state index contributed by atoms with van der Waals surface area (Å²) in [5.74, 6) is -0.402. The highest BCUT2D eigenvalue weighted by molar-refractivity contribution is 14.1. The van der Waals surface area contributed by atoms with Gasteiger partial charge >= 0.3 is 0 Å². The number of nitrogens with two attached hydrogens (primary N) is 1. The Hall–Kier alpha value is -0.820. The summed E-state index contributed by atoms with van der Waals surface area (Å²) in [7, 11) is 0. The van der Waals surface area contributed by atoms with E-state index in [4.69, 9.17) is 17.3 Å². The van der Waals surface area contributed by atoms with Crippen LogP contribution in [0.25, 0.3) is 0 Å². The third-order valence-corrected chi connectivity index (χ3v) is 5.22. The minimum absolute atomic E-state index is 0.0455. The van der Waals surface area contributed by atoms with E-state index in [0.717, 1.165) is 29.3 Å². The standard InChI is InChI=1S/C14H16ClIN2O2/c15-11-7-9(3-6-12(11)16)14(20)18-10-4-1-8(2-5-10)13(17)19/h3,6-8,10H,1-2,4-5H2,(H2,17,19)(H,18,20). The van der Waals surface area contributed by atoms with Crippen LogP contribution in [0.1, 0.15) is 36.0 Å². The van der Waals surface area contributed by atoms with Crippen molar-refractivity contribution in [2.75, 3.05) is 0 Å². The second kappa shape index (κ2) is 6.76. The summed E-state index contributed by atoms with van der Waals surface area (Å²) in [4.78, 5) is 23.2. The molecule has 20 heavy (non-hydrogen) atoms. The van der Waals surface area contributed by atoms with E-state index in [0.29, 0.717) is 10.6 Å². The molecule has 0 radical (unpaired) electrons. The first-order chi connectivity index (χ1) is 9.47. The van der Waals surface area contributed by atoms with Crippen LogP contribution in [-0.4, -0.2) is 17.9 Å². The number of carbonyl (C=O) groups excluding carboxylic acids is 2. The largest absolute Gasteiger partial charge is 0.369 e. The molecule has 1 aromatic rings. The molecule has 2 rings (SSSR count). The zero-order valence-corrected chi connectivity index (χ0v) is 13.8. The SMILES string of the molecule is NC(=O)C1CCC(NC(=O)c2ccc(I)c(Cl)c2)CC1. The van der Waals surface area contributed by atoms with E-state index in [9.17, 15) is 9.59 Å². The first-order valence-electron chi connectivity index (χ1n) is 6.52. The Kier molecular flexibility index (Phi) is 5.26. The van der Waals surface area contributed by atoms with Gasteiger partial charge in [-0.3, -0.25) is 9.59 Å². The number of nitrogens with one attached hydrogen (secondary N) is 1. The van der Waals surface area contributed by atoms with Crippen molar-refractivity contribution in [1.29, 1.82) is 0 Å². The molecule has 6 heteroatoms. The van der Waals surface area contributed by atoms with E-state index in [2.05, 4.69) is 27.9 Å².